The van der Waals surface area contributed by atoms with Crippen LogP contribution in [0, 0.1) is 5.92 Å². The Morgan fingerprint density at radius 3 is 2.60 bits per heavy atom. The molecule has 1 heterocycles. The van der Waals surface area contributed by atoms with E-state index in [1.165, 1.54) is 44.9 Å². The quantitative estimate of drug-likeness (QED) is 0.775. The number of rotatable bonds is 3. The minimum absolute atomic E-state index is 0.711. The van der Waals surface area contributed by atoms with Crippen molar-refractivity contribution in [1.82, 2.24) is 5.32 Å². The Kier molecular flexibility index (Phi) is 4.45. The first-order valence-electron chi connectivity index (χ1n) is 6.70. The molecule has 1 saturated heterocycles. The normalized spacial score (nSPS) is 31.4. The molecule has 1 aliphatic carbocycles. The Hall–Kier alpha value is -0.0800. The van der Waals surface area contributed by atoms with Crippen LogP contribution in [0.3, 0.4) is 0 Å². The van der Waals surface area contributed by atoms with Crippen molar-refractivity contribution >= 4 is 0 Å². The van der Waals surface area contributed by atoms with Gasteiger partial charge in [-0.25, -0.2) is 0 Å². The fourth-order valence-corrected chi connectivity index (χ4v) is 3.04. The van der Waals surface area contributed by atoms with Crippen LogP contribution in [0.15, 0.2) is 0 Å². The molecule has 2 rings (SSSR count). The van der Waals surface area contributed by atoms with E-state index in [-0.39, 0.29) is 0 Å². The number of nitrogens with one attached hydrogen (secondary N) is 1. The van der Waals surface area contributed by atoms with Gasteiger partial charge in [-0.1, -0.05) is 12.8 Å². The van der Waals surface area contributed by atoms with E-state index in [2.05, 4.69) is 12.2 Å². The number of hydrogen-bond acceptors (Lipinski definition) is 2. The minimum Gasteiger partial charge on any atom is -0.381 e. The maximum absolute atomic E-state index is 5.49. The van der Waals surface area contributed by atoms with Gasteiger partial charge < -0.3 is 10.1 Å². The van der Waals surface area contributed by atoms with Gasteiger partial charge in [0, 0.05) is 25.3 Å². The van der Waals surface area contributed by atoms with E-state index in [4.69, 9.17) is 4.74 Å². The van der Waals surface area contributed by atoms with Crippen LogP contribution in [0.1, 0.15) is 51.9 Å². The second-order valence-electron chi connectivity index (χ2n) is 5.24. The molecule has 0 aromatic carbocycles. The molecule has 0 radical (unpaired) electrons. The molecule has 2 fully saturated rings. The van der Waals surface area contributed by atoms with Crippen molar-refractivity contribution < 1.29 is 4.74 Å². The second kappa shape index (κ2) is 5.86. The van der Waals surface area contributed by atoms with Gasteiger partial charge in [-0.3, -0.25) is 0 Å². The Bertz CT molecular complexity index is 169. The summed E-state index contributed by atoms with van der Waals surface area (Å²) in [6, 6.07) is 1.43. The SMILES string of the molecule is CC(NC1CCCOCC1)C1CCCC1. The van der Waals surface area contributed by atoms with Crippen molar-refractivity contribution in [3.05, 3.63) is 0 Å². The van der Waals surface area contributed by atoms with E-state index in [1.807, 2.05) is 0 Å². The van der Waals surface area contributed by atoms with E-state index in [1.54, 1.807) is 0 Å². The van der Waals surface area contributed by atoms with E-state index >= 15 is 0 Å². The molecule has 15 heavy (non-hydrogen) atoms. The summed E-state index contributed by atoms with van der Waals surface area (Å²) in [5.41, 5.74) is 0. The molecule has 2 atom stereocenters. The maximum Gasteiger partial charge on any atom is 0.0480 e. The highest BCUT2D eigenvalue weighted by Crippen LogP contribution is 2.28. The Morgan fingerprint density at radius 1 is 1.00 bits per heavy atom. The van der Waals surface area contributed by atoms with Gasteiger partial charge in [-0.05, 0) is 44.9 Å². The summed E-state index contributed by atoms with van der Waals surface area (Å²) in [6.07, 6.45) is 9.52. The van der Waals surface area contributed by atoms with Crippen LogP contribution in [0.2, 0.25) is 0 Å². The number of hydrogen-bond donors (Lipinski definition) is 1. The lowest BCUT2D eigenvalue weighted by Crippen LogP contribution is -2.40. The first-order chi connectivity index (χ1) is 7.36. The zero-order valence-electron chi connectivity index (χ0n) is 10.0. The first kappa shape index (κ1) is 11.4. The largest absolute Gasteiger partial charge is 0.381 e. The Balaban J connectivity index is 1.73. The van der Waals surface area contributed by atoms with Crippen LogP contribution in [-0.4, -0.2) is 25.3 Å². The summed E-state index contributed by atoms with van der Waals surface area (Å²) in [7, 11) is 0. The van der Waals surface area contributed by atoms with Gasteiger partial charge in [-0.2, -0.15) is 0 Å². The zero-order chi connectivity index (χ0) is 10.5. The van der Waals surface area contributed by atoms with Crippen LogP contribution < -0.4 is 5.32 Å². The molecule has 1 saturated carbocycles. The Labute approximate surface area is 93.8 Å². The van der Waals surface area contributed by atoms with Gasteiger partial charge in [0.2, 0.25) is 0 Å². The third-order valence-electron chi connectivity index (χ3n) is 4.06. The highest BCUT2D eigenvalue weighted by molar-refractivity contribution is 4.81. The smallest absolute Gasteiger partial charge is 0.0480 e. The topological polar surface area (TPSA) is 21.3 Å². The molecule has 2 nitrogen and oxygen atoms in total. The Morgan fingerprint density at radius 2 is 1.80 bits per heavy atom. The van der Waals surface area contributed by atoms with Crippen molar-refractivity contribution in [3.63, 3.8) is 0 Å². The summed E-state index contributed by atoms with van der Waals surface area (Å²) >= 11 is 0. The fourth-order valence-electron chi connectivity index (χ4n) is 3.04. The number of ether oxygens (including phenoxy) is 1. The molecule has 2 heteroatoms. The van der Waals surface area contributed by atoms with Crippen molar-refractivity contribution in [2.45, 2.75) is 64.0 Å². The molecule has 1 N–H and O–H groups in total. The van der Waals surface area contributed by atoms with Crippen molar-refractivity contribution in [3.8, 4) is 0 Å². The monoisotopic (exact) mass is 211 g/mol. The average molecular weight is 211 g/mol. The second-order valence-corrected chi connectivity index (χ2v) is 5.24. The minimum atomic E-state index is 0.711. The lowest BCUT2D eigenvalue weighted by Gasteiger charge is -2.26. The van der Waals surface area contributed by atoms with Gasteiger partial charge in [0.25, 0.3) is 0 Å². The summed E-state index contributed by atoms with van der Waals surface area (Å²) in [5.74, 6) is 0.939. The van der Waals surface area contributed by atoms with Crippen LogP contribution in [0.4, 0.5) is 0 Å². The standard InChI is InChI=1S/C13H25NO/c1-11(12-5-2-3-6-12)14-13-7-4-9-15-10-8-13/h11-14H,2-10H2,1H3. The fraction of sp³-hybridized carbons (Fsp3) is 1.00. The summed E-state index contributed by atoms with van der Waals surface area (Å²) in [5, 5.41) is 3.82. The lowest BCUT2D eigenvalue weighted by molar-refractivity contribution is 0.142. The molecule has 0 bridgehead atoms. The van der Waals surface area contributed by atoms with Crippen LogP contribution >= 0.6 is 0 Å². The van der Waals surface area contributed by atoms with Crippen LogP contribution in [0.5, 0.6) is 0 Å². The van der Waals surface area contributed by atoms with Gasteiger partial charge in [-0.15, -0.1) is 0 Å². The van der Waals surface area contributed by atoms with E-state index in [9.17, 15) is 0 Å². The third-order valence-corrected chi connectivity index (χ3v) is 4.06. The average Bonchev–Trinajstić information content (AvgIpc) is 2.65. The van der Waals surface area contributed by atoms with Crippen LogP contribution in [0.25, 0.3) is 0 Å². The molecule has 0 aromatic heterocycles. The van der Waals surface area contributed by atoms with Crippen molar-refractivity contribution in [2.24, 2.45) is 5.92 Å². The van der Waals surface area contributed by atoms with Crippen molar-refractivity contribution in [1.29, 1.82) is 0 Å². The van der Waals surface area contributed by atoms with Crippen molar-refractivity contribution in [2.75, 3.05) is 13.2 Å². The van der Waals surface area contributed by atoms with Gasteiger partial charge >= 0.3 is 0 Å². The maximum atomic E-state index is 5.49. The van der Waals surface area contributed by atoms with E-state index in [0.29, 0.717) is 6.04 Å². The molecular weight excluding hydrogens is 186 g/mol. The van der Waals surface area contributed by atoms with E-state index in [0.717, 1.165) is 25.2 Å². The molecule has 2 aliphatic rings. The van der Waals surface area contributed by atoms with Gasteiger partial charge in [0.05, 0.1) is 0 Å². The molecule has 0 spiro atoms. The molecule has 2 unspecified atom stereocenters. The predicted molar refractivity (Wildman–Crippen MR) is 63.0 cm³/mol. The molecule has 88 valence electrons. The molecular formula is C13H25NO. The lowest BCUT2D eigenvalue weighted by atomic mass is 9.97. The van der Waals surface area contributed by atoms with Crippen LogP contribution in [-0.2, 0) is 4.74 Å². The van der Waals surface area contributed by atoms with Gasteiger partial charge in [0.1, 0.15) is 0 Å². The first-order valence-corrected chi connectivity index (χ1v) is 6.70. The summed E-state index contributed by atoms with van der Waals surface area (Å²) < 4.78 is 5.49. The summed E-state index contributed by atoms with van der Waals surface area (Å²) in [6.45, 7) is 4.30. The molecule has 0 amide bonds. The van der Waals surface area contributed by atoms with Gasteiger partial charge in [0.15, 0.2) is 0 Å². The molecule has 1 aliphatic heterocycles. The predicted octanol–water partition coefficient (Wildman–Crippen LogP) is 2.72. The highest BCUT2D eigenvalue weighted by Gasteiger charge is 2.23. The third kappa shape index (κ3) is 3.46. The zero-order valence-corrected chi connectivity index (χ0v) is 10.0. The highest BCUT2D eigenvalue weighted by atomic mass is 16.5. The molecule has 0 aromatic rings. The van der Waals surface area contributed by atoms with E-state index < -0.39 is 0 Å². The summed E-state index contributed by atoms with van der Waals surface area (Å²) in [4.78, 5) is 0.